The number of para-hydroxylation sites is 3. The minimum atomic E-state index is 0.846. The summed E-state index contributed by atoms with van der Waals surface area (Å²) >= 11 is 0. The van der Waals surface area contributed by atoms with E-state index in [-0.39, 0.29) is 0 Å². The fourth-order valence-electron chi connectivity index (χ4n) is 9.35. The maximum Gasteiger partial charge on any atom is 0.159 e. The van der Waals surface area contributed by atoms with E-state index in [1.54, 1.807) is 0 Å². The minimum absolute atomic E-state index is 0.846. The third-order valence-corrected chi connectivity index (χ3v) is 12.2. The molecule has 2 aromatic heterocycles. The van der Waals surface area contributed by atoms with Gasteiger partial charge in [-0.25, -0.2) is 0 Å². The van der Waals surface area contributed by atoms with Gasteiger partial charge in [0.1, 0.15) is 5.58 Å². The van der Waals surface area contributed by atoms with Gasteiger partial charge in [-0.2, -0.15) is 0 Å². The molecule has 61 heavy (non-hydrogen) atoms. The summed E-state index contributed by atoms with van der Waals surface area (Å²) in [7, 11) is 0. The summed E-state index contributed by atoms with van der Waals surface area (Å²) in [6, 6.07) is 82.6. The van der Waals surface area contributed by atoms with Gasteiger partial charge in [-0.15, -0.1) is 0 Å². The minimum Gasteiger partial charge on any atom is -0.454 e. The third-order valence-electron chi connectivity index (χ3n) is 12.2. The van der Waals surface area contributed by atoms with E-state index in [0.29, 0.717) is 0 Å². The van der Waals surface area contributed by atoms with Crippen LogP contribution in [0.1, 0.15) is 0 Å². The maximum absolute atomic E-state index is 7.15. The van der Waals surface area contributed by atoms with E-state index in [1.165, 1.54) is 54.8 Å². The Kier molecular flexibility index (Phi) is 8.17. The second kappa shape index (κ2) is 14.3. The molecule has 286 valence electrons. The molecule has 0 spiro atoms. The largest absolute Gasteiger partial charge is 0.454 e. The Hall–Kier alpha value is -8.14. The first-order valence-corrected chi connectivity index (χ1v) is 20.8. The van der Waals surface area contributed by atoms with Crippen molar-refractivity contribution < 1.29 is 4.42 Å². The van der Waals surface area contributed by atoms with Crippen molar-refractivity contribution in [2.24, 2.45) is 0 Å². The van der Waals surface area contributed by atoms with Gasteiger partial charge in [-0.1, -0.05) is 170 Å². The van der Waals surface area contributed by atoms with E-state index in [0.717, 1.165) is 55.8 Å². The maximum atomic E-state index is 7.15. The Bertz CT molecular complexity index is 3470. The molecular weight excluding hydrogens is 741 g/mol. The van der Waals surface area contributed by atoms with E-state index >= 15 is 0 Å². The molecule has 0 N–H and O–H groups in total. The van der Waals surface area contributed by atoms with E-state index in [9.17, 15) is 0 Å². The highest BCUT2D eigenvalue weighted by Crippen LogP contribution is 2.46. The summed E-state index contributed by atoms with van der Waals surface area (Å²) in [4.78, 5) is 2.33. The lowest BCUT2D eigenvalue weighted by Gasteiger charge is -2.26. The molecular formula is C58H38N2O. The molecule has 10 aromatic carbocycles. The van der Waals surface area contributed by atoms with Crippen LogP contribution in [0.5, 0.6) is 0 Å². The van der Waals surface area contributed by atoms with Crippen molar-refractivity contribution in [3.63, 3.8) is 0 Å². The van der Waals surface area contributed by atoms with Crippen LogP contribution in [0.2, 0.25) is 0 Å². The molecule has 0 atom stereocenters. The fraction of sp³-hybridized carbons (Fsp3) is 0. The number of benzene rings is 10. The molecule has 0 aliphatic heterocycles. The summed E-state index contributed by atoms with van der Waals surface area (Å²) in [5, 5.41) is 7.04. The van der Waals surface area contributed by atoms with Gasteiger partial charge in [0.2, 0.25) is 0 Å². The first-order chi connectivity index (χ1) is 30.3. The number of hydrogen-bond acceptors (Lipinski definition) is 2. The van der Waals surface area contributed by atoms with Crippen LogP contribution in [0.3, 0.4) is 0 Å². The van der Waals surface area contributed by atoms with Gasteiger partial charge in [-0.05, 0) is 105 Å². The van der Waals surface area contributed by atoms with Crippen LogP contribution < -0.4 is 4.90 Å². The highest BCUT2D eigenvalue weighted by Gasteiger charge is 2.22. The highest BCUT2D eigenvalue weighted by molar-refractivity contribution is 6.24. The lowest BCUT2D eigenvalue weighted by Crippen LogP contribution is -2.10. The molecule has 0 unspecified atom stereocenters. The summed E-state index contributed by atoms with van der Waals surface area (Å²) in [6.45, 7) is 0. The van der Waals surface area contributed by atoms with Crippen LogP contribution in [0, 0.1) is 0 Å². The van der Waals surface area contributed by atoms with E-state index in [1.807, 2.05) is 0 Å². The summed E-state index contributed by atoms with van der Waals surface area (Å²) in [6.07, 6.45) is 0. The molecule has 0 radical (unpaired) electrons. The molecule has 12 rings (SSSR count). The molecule has 0 bridgehead atoms. The van der Waals surface area contributed by atoms with Gasteiger partial charge in [0, 0.05) is 38.6 Å². The van der Waals surface area contributed by atoms with Crippen molar-refractivity contribution in [2.45, 2.75) is 0 Å². The Morgan fingerprint density at radius 2 is 0.852 bits per heavy atom. The Labute approximate surface area is 353 Å². The Morgan fingerprint density at radius 3 is 1.51 bits per heavy atom. The molecule has 0 saturated heterocycles. The van der Waals surface area contributed by atoms with Gasteiger partial charge in [0.15, 0.2) is 5.58 Å². The van der Waals surface area contributed by atoms with Crippen LogP contribution in [0.25, 0.3) is 93.6 Å². The standard InChI is InChI=1S/C58H38N2O/c1-4-15-39(16-5-1)41-27-32-45(33-28-41)59(46-34-29-42(30-35-46)40-17-6-2-7-18-40)54-26-14-24-51-57-50-23-11-10-21-47(50)52(38-56(57)61-58(51)54)43-31-36-49-48-22-12-13-25-53(48)60(55(49)37-43)44-19-8-3-9-20-44/h1-38H. The van der Waals surface area contributed by atoms with Crippen LogP contribution in [0.4, 0.5) is 17.1 Å². The van der Waals surface area contributed by atoms with Crippen molar-refractivity contribution in [1.82, 2.24) is 4.57 Å². The summed E-state index contributed by atoms with van der Waals surface area (Å²) < 4.78 is 9.53. The van der Waals surface area contributed by atoms with E-state index in [4.69, 9.17) is 4.42 Å². The molecule has 3 nitrogen and oxygen atoms in total. The monoisotopic (exact) mass is 778 g/mol. The lowest BCUT2D eigenvalue weighted by molar-refractivity contribution is 0.669. The Balaban J connectivity index is 1.05. The van der Waals surface area contributed by atoms with Crippen molar-refractivity contribution in [2.75, 3.05) is 4.90 Å². The topological polar surface area (TPSA) is 21.3 Å². The normalized spacial score (nSPS) is 11.6. The first kappa shape index (κ1) is 34.9. The second-order valence-corrected chi connectivity index (χ2v) is 15.7. The van der Waals surface area contributed by atoms with Crippen LogP contribution in [-0.2, 0) is 0 Å². The third kappa shape index (κ3) is 5.82. The van der Waals surface area contributed by atoms with Crippen molar-refractivity contribution in [1.29, 1.82) is 0 Å². The van der Waals surface area contributed by atoms with Crippen molar-refractivity contribution in [3.8, 4) is 39.1 Å². The van der Waals surface area contributed by atoms with Crippen LogP contribution in [-0.4, -0.2) is 4.57 Å². The molecule has 3 heteroatoms. The fourth-order valence-corrected chi connectivity index (χ4v) is 9.35. The van der Waals surface area contributed by atoms with Crippen molar-refractivity contribution in [3.05, 3.63) is 231 Å². The number of rotatable bonds is 7. The summed E-state index contributed by atoms with van der Waals surface area (Å²) in [5.41, 5.74) is 15.3. The number of aromatic nitrogens is 1. The average molecular weight is 779 g/mol. The SMILES string of the molecule is c1ccc(-c2ccc(N(c3ccc(-c4ccccc4)cc3)c3cccc4c3oc3cc(-c5ccc6c7ccccc7n(-c7ccccc7)c6c5)c5ccccc5c34)cc2)cc1. The van der Waals surface area contributed by atoms with Gasteiger partial charge in [0.05, 0.1) is 16.7 Å². The average Bonchev–Trinajstić information content (AvgIpc) is 3.89. The highest BCUT2D eigenvalue weighted by atomic mass is 16.3. The molecule has 0 fully saturated rings. The number of furan rings is 1. The first-order valence-electron chi connectivity index (χ1n) is 20.8. The lowest BCUT2D eigenvalue weighted by atomic mass is 9.94. The molecule has 0 saturated carbocycles. The number of anilines is 3. The smallest absolute Gasteiger partial charge is 0.159 e. The zero-order valence-corrected chi connectivity index (χ0v) is 33.2. The van der Waals surface area contributed by atoms with E-state index in [2.05, 4.69) is 240 Å². The number of fused-ring (bicyclic) bond motifs is 8. The molecule has 0 aliphatic carbocycles. The van der Waals surface area contributed by atoms with E-state index < -0.39 is 0 Å². The van der Waals surface area contributed by atoms with Gasteiger partial charge < -0.3 is 13.9 Å². The predicted octanol–water partition coefficient (Wildman–Crippen LogP) is 16.3. The molecule has 12 aromatic rings. The quantitative estimate of drug-likeness (QED) is 0.161. The molecule has 2 heterocycles. The number of nitrogens with zero attached hydrogens (tertiary/aromatic N) is 2. The zero-order chi connectivity index (χ0) is 40.3. The zero-order valence-electron chi connectivity index (χ0n) is 33.2. The summed E-state index contributed by atoms with van der Waals surface area (Å²) in [5.74, 6) is 0. The van der Waals surface area contributed by atoms with Gasteiger partial charge >= 0.3 is 0 Å². The predicted molar refractivity (Wildman–Crippen MR) is 257 cm³/mol. The van der Waals surface area contributed by atoms with Crippen LogP contribution >= 0.6 is 0 Å². The number of hydrogen-bond donors (Lipinski definition) is 0. The second-order valence-electron chi connectivity index (χ2n) is 15.7. The van der Waals surface area contributed by atoms with Crippen molar-refractivity contribution >= 4 is 71.6 Å². The van der Waals surface area contributed by atoms with Gasteiger partial charge in [0.25, 0.3) is 0 Å². The molecule has 0 aliphatic rings. The molecule has 0 amide bonds. The van der Waals surface area contributed by atoms with Crippen LogP contribution in [0.15, 0.2) is 235 Å². The van der Waals surface area contributed by atoms with Gasteiger partial charge in [-0.3, -0.25) is 0 Å². The Morgan fingerprint density at radius 1 is 0.344 bits per heavy atom.